The van der Waals surface area contributed by atoms with E-state index in [-0.39, 0.29) is 55.6 Å². The highest BCUT2D eigenvalue weighted by Gasteiger charge is 2.45. The summed E-state index contributed by atoms with van der Waals surface area (Å²) in [5.41, 5.74) is 25.4. The van der Waals surface area contributed by atoms with Gasteiger partial charge in [-0.25, -0.2) is 0 Å². The second kappa shape index (κ2) is 23.8. The summed E-state index contributed by atoms with van der Waals surface area (Å²) in [5.74, 6) is 0. The molecule has 0 N–H and O–H groups in total. The van der Waals surface area contributed by atoms with Gasteiger partial charge < -0.3 is 23.2 Å². The van der Waals surface area contributed by atoms with Crippen LogP contribution < -0.4 is 26.2 Å². The molecule has 0 saturated carbocycles. The molecule has 19 rings (SSSR count). The van der Waals surface area contributed by atoms with Crippen molar-refractivity contribution in [2.45, 2.75) is 105 Å². The topological polar surface area (TPSA) is 37.7 Å². The molecule has 0 amide bonds. The van der Waals surface area contributed by atoms with Gasteiger partial charge in [0.2, 0.25) is 0 Å². The Morgan fingerprint density at radius 2 is 0.736 bits per heavy atom. The Balaban J connectivity index is 0.981. The van der Waals surface area contributed by atoms with Crippen LogP contribution in [0.25, 0.3) is 127 Å². The Hall–Kier alpha value is -11.9. The minimum absolute atomic E-state index is 0.00575. The third-order valence-corrected chi connectivity index (χ3v) is 22.2. The predicted molar refractivity (Wildman–Crippen MR) is 451 cm³/mol. The standard InChI is InChI=1S/C100H84BN3O2/c1-97(2,3)68-50-65(51-69(58-68)98(4,5)6)64-44-47-82-88(55-64)104(87-42-27-39-80-79-38-26-37-78(95(79)106-96(80)87)77-36-25-35-76-75-34-21-24-43-92(75)105-94(76)77)91-57-67(66-52-70(99(7,8)9)59-71(53-66)100(10,11)12)56-90-93(91)101(82)83-48-46-72(102-84-40-22-19-32-73(84)74-33-20-23-41-85(74)102)60-89(83)103(90)86-49-45-63(61-28-15-13-16-29-61)54-81(86)62-30-17-14-18-31-62/h13-60H,1-12H3/i19D,20D,22D,23D,32D,33D,40D,41D. The van der Waals surface area contributed by atoms with Crippen molar-refractivity contribution >= 4 is 123 Å². The molecular formula is C100H84BN3O2. The molecule has 0 bridgehead atoms. The average molecular weight is 1380 g/mol. The van der Waals surface area contributed by atoms with E-state index < -0.39 is 43.0 Å². The summed E-state index contributed by atoms with van der Waals surface area (Å²) in [6, 6.07) is 83.8. The SMILES string of the molecule is [2H]c1c([2H])c([2H])c2c(c1[2H])c1c([2H])c([2H])c([2H])c([2H])c1n2-c1ccc2c(c1)N(c1ccc(-c3ccccc3)cc1-c1ccccc1)c1cc(-c3cc(C(C)(C)C)cc(C(C)(C)C)c3)cc3c1B2c1ccc(-c2cc(C(C)(C)C)cc(C(C)(C)C)c2)cc1N3c1cccc2c1oc1c(-c3cccc4c3oc3ccccc34)cccc12. The maximum atomic E-state index is 9.84. The molecule has 2 aliphatic rings. The molecule has 14 aromatic carbocycles. The summed E-state index contributed by atoms with van der Waals surface area (Å²) in [6.45, 7) is 26.9. The highest BCUT2D eigenvalue weighted by Crippen LogP contribution is 2.53. The van der Waals surface area contributed by atoms with Crippen LogP contribution in [0.2, 0.25) is 0 Å². The van der Waals surface area contributed by atoms with E-state index in [9.17, 15) is 8.22 Å². The summed E-state index contributed by atoms with van der Waals surface area (Å²) in [7, 11) is 0. The number of hydrogen-bond acceptors (Lipinski definition) is 4. The minimum Gasteiger partial charge on any atom is -0.455 e. The lowest BCUT2D eigenvalue weighted by Gasteiger charge is -2.45. The molecule has 0 fully saturated rings. The number of rotatable bonds is 8. The maximum Gasteiger partial charge on any atom is 0.252 e. The molecule has 2 aliphatic heterocycles. The van der Waals surface area contributed by atoms with Crippen molar-refractivity contribution in [2.24, 2.45) is 0 Å². The fourth-order valence-electron chi connectivity index (χ4n) is 16.5. The lowest BCUT2D eigenvalue weighted by atomic mass is 9.33. The zero-order chi connectivity index (χ0) is 79.4. The van der Waals surface area contributed by atoms with Gasteiger partial charge in [0.25, 0.3) is 6.71 Å². The summed E-state index contributed by atoms with van der Waals surface area (Å²) in [6.07, 6.45) is 0. The van der Waals surface area contributed by atoms with Crippen LogP contribution in [0.1, 0.15) is 116 Å². The number of nitrogens with zero attached hydrogens (tertiary/aromatic N) is 3. The van der Waals surface area contributed by atoms with Crippen LogP contribution in [-0.2, 0) is 21.7 Å². The average Bonchev–Trinajstić information content (AvgIpc) is 1.05. The molecule has 0 spiro atoms. The van der Waals surface area contributed by atoms with E-state index in [0.717, 1.165) is 144 Å². The molecule has 5 nitrogen and oxygen atoms in total. The number of benzene rings is 14. The van der Waals surface area contributed by atoms with Crippen molar-refractivity contribution < 1.29 is 19.8 Å². The Morgan fingerprint density at radius 3 is 1.33 bits per heavy atom. The molecule has 106 heavy (non-hydrogen) atoms. The molecular weight excluding hydrogens is 1290 g/mol. The number of aromatic nitrogens is 1. The van der Waals surface area contributed by atoms with E-state index in [2.05, 4.69) is 305 Å². The predicted octanol–water partition coefficient (Wildman–Crippen LogP) is 26.2. The Labute approximate surface area is 633 Å². The molecule has 0 aliphatic carbocycles. The van der Waals surface area contributed by atoms with E-state index >= 15 is 0 Å². The molecule has 17 aromatic rings. The highest BCUT2D eigenvalue weighted by atomic mass is 16.3. The van der Waals surface area contributed by atoms with Gasteiger partial charge in [-0.05, 0) is 166 Å². The summed E-state index contributed by atoms with van der Waals surface area (Å²) >= 11 is 0. The van der Waals surface area contributed by atoms with Crippen LogP contribution in [0.4, 0.5) is 34.1 Å². The van der Waals surface area contributed by atoms with E-state index in [1.807, 2.05) is 30.3 Å². The zero-order valence-corrected chi connectivity index (χ0v) is 61.8. The lowest BCUT2D eigenvalue weighted by Crippen LogP contribution is -2.61. The summed E-state index contributed by atoms with van der Waals surface area (Å²) in [4.78, 5) is 4.87. The van der Waals surface area contributed by atoms with Crippen LogP contribution in [-0.4, -0.2) is 11.3 Å². The van der Waals surface area contributed by atoms with Gasteiger partial charge in [-0.3, -0.25) is 0 Å². The van der Waals surface area contributed by atoms with Crippen LogP contribution in [0.5, 0.6) is 0 Å². The van der Waals surface area contributed by atoms with E-state index in [4.69, 9.17) is 11.6 Å². The van der Waals surface area contributed by atoms with Crippen LogP contribution in [0.3, 0.4) is 0 Å². The molecule has 6 heteroatoms. The first-order chi connectivity index (χ1) is 54.4. The number of fused-ring (bicyclic) bond motifs is 13. The van der Waals surface area contributed by atoms with E-state index in [1.54, 1.807) is 4.57 Å². The third kappa shape index (κ3) is 10.5. The Bertz CT molecular complexity index is 6830. The highest BCUT2D eigenvalue weighted by molar-refractivity contribution is 7.00. The first-order valence-corrected chi connectivity index (χ1v) is 36.9. The second-order valence-corrected chi connectivity index (χ2v) is 33.1. The monoisotopic (exact) mass is 1380 g/mol. The largest absolute Gasteiger partial charge is 0.455 e. The van der Waals surface area contributed by atoms with Crippen LogP contribution in [0.15, 0.2) is 300 Å². The van der Waals surface area contributed by atoms with Gasteiger partial charge in [0.05, 0.1) is 33.4 Å². The normalized spacial score (nSPS) is 14.3. The maximum absolute atomic E-state index is 9.84. The number of para-hydroxylation sites is 6. The Kier molecular flexibility index (Phi) is 12.7. The van der Waals surface area contributed by atoms with E-state index in [0.29, 0.717) is 11.3 Å². The number of anilines is 6. The van der Waals surface area contributed by atoms with Crippen LogP contribution >= 0.6 is 0 Å². The molecule has 514 valence electrons. The fourth-order valence-corrected chi connectivity index (χ4v) is 16.5. The van der Waals surface area contributed by atoms with Gasteiger partial charge in [0, 0.05) is 77.4 Å². The molecule has 0 atom stereocenters. The van der Waals surface area contributed by atoms with Crippen molar-refractivity contribution in [3.8, 4) is 61.3 Å². The van der Waals surface area contributed by atoms with Crippen molar-refractivity contribution in [3.05, 3.63) is 313 Å². The lowest BCUT2D eigenvalue weighted by molar-refractivity contribution is 0.568. The van der Waals surface area contributed by atoms with Gasteiger partial charge in [-0.15, -0.1) is 0 Å². The van der Waals surface area contributed by atoms with Gasteiger partial charge >= 0.3 is 0 Å². The quantitative estimate of drug-likeness (QED) is 0.142. The van der Waals surface area contributed by atoms with Crippen LogP contribution in [0, 0.1) is 0 Å². The van der Waals surface area contributed by atoms with Gasteiger partial charge in [-0.1, -0.05) is 307 Å². The van der Waals surface area contributed by atoms with Crippen molar-refractivity contribution in [3.63, 3.8) is 0 Å². The fraction of sp³-hybridized carbons (Fsp3) is 0.160. The summed E-state index contributed by atoms with van der Waals surface area (Å²) in [5, 5.41) is 3.98. The molecule has 0 radical (unpaired) electrons. The van der Waals surface area contributed by atoms with Gasteiger partial charge in [-0.2, -0.15) is 0 Å². The van der Waals surface area contributed by atoms with E-state index in [1.165, 1.54) is 22.3 Å². The molecule has 0 saturated heterocycles. The third-order valence-electron chi connectivity index (χ3n) is 22.2. The number of hydrogen-bond donors (Lipinski definition) is 0. The zero-order valence-electron chi connectivity index (χ0n) is 69.8. The molecule has 0 unspecified atom stereocenters. The molecule has 3 aromatic heterocycles. The van der Waals surface area contributed by atoms with Crippen molar-refractivity contribution in [1.29, 1.82) is 0 Å². The van der Waals surface area contributed by atoms with Crippen molar-refractivity contribution in [2.75, 3.05) is 9.80 Å². The number of furan rings is 2. The Morgan fingerprint density at radius 1 is 0.292 bits per heavy atom. The van der Waals surface area contributed by atoms with Gasteiger partial charge in [0.1, 0.15) is 16.7 Å². The first kappa shape index (κ1) is 56.6. The smallest absolute Gasteiger partial charge is 0.252 e. The molecule has 5 heterocycles. The first-order valence-electron chi connectivity index (χ1n) is 40.9. The minimum atomic E-state index is -0.510. The van der Waals surface area contributed by atoms with Gasteiger partial charge in [0.15, 0.2) is 5.58 Å². The summed E-state index contributed by atoms with van der Waals surface area (Å²) < 4.78 is 91.7. The second-order valence-electron chi connectivity index (χ2n) is 33.1. The van der Waals surface area contributed by atoms with Crippen molar-refractivity contribution in [1.82, 2.24) is 4.57 Å².